The van der Waals surface area contributed by atoms with Crippen LogP contribution in [0.25, 0.3) is 0 Å². The molecule has 0 radical (unpaired) electrons. The molecule has 2 nitrogen and oxygen atoms in total. The topological polar surface area (TPSA) is 12.5 Å². The molecule has 2 rings (SSSR count). The zero-order valence-corrected chi connectivity index (χ0v) is 9.87. The molecule has 0 amide bonds. The lowest BCUT2D eigenvalue weighted by atomic mass is 10.2. The summed E-state index contributed by atoms with van der Waals surface area (Å²) in [4.78, 5) is 2.38. The Bertz CT molecular complexity index is 278. The standard InChI is InChI=1S/C12H17NO.ClH/c1-13-9-5-6-11(13)10-14-12-7-3-2-4-8-12;/h2-4,7-8,11H,5-6,9-10H2,1H3;1H. The number of hydrogen-bond acceptors (Lipinski definition) is 2. The second kappa shape index (κ2) is 5.99. The fourth-order valence-electron chi connectivity index (χ4n) is 1.90. The van der Waals surface area contributed by atoms with E-state index in [0.29, 0.717) is 6.04 Å². The molecular weight excluding hydrogens is 210 g/mol. The zero-order chi connectivity index (χ0) is 9.80. The van der Waals surface area contributed by atoms with Gasteiger partial charge in [0.2, 0.25) is 0 Å². The molecule has 0 saturated carbocycles. The maximum absolute atomic E-state index is 5.72. The van der Waals surface area contributed by atoms with Gasteiger partial charge in [-0.2, -0.15) is 0 Å². The van der Waals surface area contributed by atoms with Gasteiger partial charge in [-0.15, -0.1) is 12.4 Å². The molecule has 0 N–H and O–H groups in total. The number of para-hydroxylation sites is 1. The van der Waals surface area contributed by atoms with Gasteiger partial charge in [0.05, 0.1) is 0 Å². The van der Waals surface area contributed by atoms with Gasteiger partial charge in [0.1, 0.15) is 12.4 Å². The lowest BCUT2D eigenvalue weighted by Crippen LogP contribution is -2.30. The third-order valence-electron chi connectivity index (χ3n) is 2.86. The molecule has 1 aromatic rings. The lowest BCUT2D eigenvalue weighted by Gasteiger charge is -2.19. The van der Waals surface area contributed by atoms with Crippen molar-refractivity contribution in [2.24, 2.45) is 0 Å². The minimum atomic E-state index is 0. The number of benzene rings is 1. The summed E-state index contributed by atoms with van der Waals surface area (Å²) in [5.41, 5.74) is 0. The van der Waals surface area contributed by atoms with Crippen molar-refractivity contribution in [2.75, 3.05) is 20.2 Å². The summed E-state index contributed by atoms with van der Waals surface area (Å²) >= 11 is 0. The van der Waals surface area contributed by atoms with E-state index in [9.17, 15) is 0 Å². The molecule has 1 heterocycles. The van der Waals surface area contributed by atoms with Gasteiger partial charge in [-0.1, -0.05) is 18.2 Å². The van der Waals surface area contributed by atoms with Crippen LogP contribution in [-0.4, -0.2) is 31.1 Å². The van der Waals surface area contributed by atoms with Gasteiger partial charge in [-0.05, 0) is 38.6 Å². The Morgan fingerprint density at radius 1 is 1.33 bits per heavy atom. The number of nitrogens with zero attached hydrogens (tertiary/aromatic N) is 1. The van der Waals surface area contributed by atoms with Crippen LogP contribution >= 0.6 is 12.4 Å². The van der Waals surface area contributed by atoms with Gasteiger partial charge in [0.25, 0.3) is 0 Å². The van der Waals surface area contributed by atoms with E-state index >= 15 is 0 Å². The van der Waals surface area contributed by atoms with Gasteiger partial charge in [0, 0.05) is 6.04 Å². The Morgan fingerprint density at radius 3 is 2.67 bits per heavy atom. The van der Waals surface area contributed by atoms with Gasteiger partial charge < -0.3 is 9.64 Å². The van der Waals surface area contributed by atoms with E-state index in [4.69, 9.17) is 4.74 Å². The van der Waals surface area contributed by atoms with Crippen LogP contribution in [0.1, 0.15) is 12.8 Å². The molecule has 1 saturated heterocycles. The molecule has 0 aliphatic carbocycles. The Morgan fingerprint density at radius 2 is 2.07 bits per heavy atom. The first kappa shape index (κ1) is 12.3. The summed E-state index contributed by atoms with van der Waals surface area (Å²) in [7, 11) is 2.17. The first-order valence-corrected chi connectivity index (χ1v) is 5.24. The Balaban J connectivity index is 0.00000112. The highest BCUT2D eigenvalue weighted by Crippen LogP contribution is 2.16. The third kappa shape index (κ3) is 3.40. The second-order valence-corrected chi connectivity index (χ2v) is 3.90. The van der Waals surface area contributed by atoms with Gasteiger partial charge in [0.15, 0.2) is 0 Å². The maximum Gasteiger partial charge on any atom is 0.119 e. The van der Waals surface area contributed by atoms with E-state index in [1.807, 2.05) is 30.3 Å². The van der Waals surface area contributed by atoms with Gasteiger partial charge in [-0.3, -0.25) is 0 Å². The monoisotopic (exact) mass is 227 g/mol. The Labute approximate surface area is 97.6 Å². The van der Waals surface area contributed by atoms with E-state index < -0.39 is 0 Å². The highest BCUT2D eigenvalue weighted by molar-refractivity contribution is 5.85. The van der Waals surface area contributed by atoms with E-state index in [1.54, 1.807) is 0 Å². The molecule has 1 atom stereocenters. The van der Waals surface area contributed by atoms with Crippen molar-refractivity contribution in [1.29, 1.82) is 0 Å². The average molecular weight is 228 g/mol. The van der Waals surface area contributed by atoms with Crippen LogP contribution in [0.5, 0.6) is 5.75 Å². The van der Waals surface area contributed by atoms with Crippen molar-refractivity contribution in [1.82, 2.24) is 4.90 Å². The summed E-state index contributed by atoms with van der Waals surface area (Å²) in [6, 6.07) is 10.6. The Hall–Kier alpha value is -0.730. The Kier molecular flexibility index (Phi) is 4.92. The van der Waals surface area contributed by atoms with Crippen molar-refractivity contribution in [3.63, 3.8) is 0 Å². The molecule has 1 aliphatic rings. The van der Waals surface area contributed by atoms with Crippen molar-refractivity contribution < 1.29 is 4.74 Å². The maximum atomic E-state index is 5.72. The summed E-state index contributed by atoms with van der Waals surface area (Å²) in [6.07, 6.45) is 2.57. The highest BCUT2D eigenvalue weighted by atomic mass is 35.5. The third-order valence-corrected chi connectivity index (χ3v) is 2.86. The summed E-state index contributed by atoms with van der Waals surface area (Å²) < 4.78 is 5.72. The second-order valence-electron chi connectivity index (χ2n) is 3.90. The van der Waals surface area contributed by atoms with E-state index in [-0.39, 0.29) is 12.4 Å². The van der Waals surface area contributed by atoms with Crippen LogP contribution in [0.3, 0.4) is 0 Å². The molecule has 0 bridgehead atoms. The number of halogens is 1. The molecule has 1 unspecified atom stereocenters. The van der Waals surface area contributed by atoms with Crippen molar-refractivity contribution in [3.05, 3.63) is 30.3 Å². The number of likely N-dealkylation sites (N-methyl/N-ethyl adjacent to an activating group) is 1. The van der Waals surface area contributed by atoms with Crippen molar-refractivity contribution in [2.45, 2.75) is 18.9 Å². The van der Waals surface area contributed by atoms with Crippen LogP contribution in [0.4, 0.5) is 0 Å². The molecule has 1 aliphatic heterocycles. The number of likely N-dealkylation sites (tertiary alicyclic amines) is 1. The molecule has 1 fully saturated rings. The number of ether oxygens (including phenoxy) is 1. The summed E-state index contributed by atoms with van der Waals surface area (Å²) in [5, 5.41) is 0. The normalized spacial score (nSPS) is 21.0. The van der Waals surface area contributed by atoms with E-state index in [0.717, 1.165) is 12.4 Å². The van der Waals surface area contributed by atoms with E-state index in [1.165, 1.54) is 19.4 Å². The predicted molar refractivity (Wildman–Crippen MR) is 64.8 cm³/mol. The SMILES string of the molecule is CN1CCCC1COc1ccccc1.Cl. The molecule has 1 aromatic carbocycles. The summed E-state index contributed by atoms with van der Waals surface area (Å²) in [5.74, 6) is 0.979. The molecule has 0 aromatic heterocycles. The van der Waals surface area contributed by atoms with Gasteiger partial charge in [-0.25, -0.2) is 0 Å². The van der Waals surface area contributed by atoms with E-state index in [2.05, 4.69) is 11.9 Å². The molecular formula is C12H18ClNO. The summed E-state index contributed by atoms with van der Waals surface area (Å²) in [6.45, 7) is 2.03. The van der Waals surface area contributed by atoms with Crippen LogP contribution in [-0.2, 0) is 0 Å². The van der Waals surface area contributed by atoms with Crippen LogP contribution in [0.2, 0.25) is 0 Å². The van der Waals surface area contributed by atoms with Crippen LogP contribution in [0, 0.1) is 0 Å². The smallest absolute Gasteiger partial charge is 0.119 e. The quantitative estimate of drug-likeness (QED) is 0.787. The molecule has 84 valence electrons. The highest BCUT2D eigenvalue weighted by Gasteiger charge is 2.20. The first-order chi connectivity index (χ1) is 6.86. The fourth-order valence-corrected chi connectivity index (χ4v) is 1.90. The molecule has 15 heavy (non-hydrogen) atoms. The van der Waals surface area contributed by atoms with Crippen molar-refractivity contribution >= 4 is 12.4 Å². The average Bonchev–Trinajstić information content (AvgIpc) is 2.63. The zero-order valence-electron chi connectivity index (χ0n) is 9.06. The van der Waals surface area contributed by atoms with Crippen molar-refractivity contribution in [3.8, 4) is 5.75 Å². The molecule has 3 heteroatoms. The largest absolute Gasteiger partial charge is 0.492 e. The van der Waals surface area contributed by atoms with Crippen LogP contribution in [0.15, 0.2) is 30.3 Å². The predicted octanol–water partition coefficient (Wildman–Crippen LogP) is 2.58. The fraction of sp³-hybridized carbons (Fsp3) is 0.500. The minimum absolute atomic E-state index is 0. The lowest BCUT2D eigenvalue weighted by molar-refractivity contribution is 0.198. The minimum Gasteiger partial charge on any atom is -0.492 e. The van der Waals surface area contributed by atoms with Crippen LogP contribution < -0.4 is 4.74 Å². The number of hydrogen-bond donors (Lipinski definition) is 0. The molecule has 0 spiro atoms. The number of rotatable bonds is 3. The first-order valence-electron chi connectivity index (χ1n) is 5.24. The van der Waals surface area contributed by atoms with Gasteiger partial charge >= 0.3 is 0 Å².